The van der Waals surface area contributed by atoms with Gasteiger partial charge in [-0.3, -0.25) is 0 Å². The minimum Gasteiger partial charge on any atom is -0.245 e. The summed E-state index contributed by atoms with van der Waals surface area (Å²) in [5.41, 5.74) is 0. The van der Waals surface area contributed by atoms with E-state index < -0.39 is 0 Å². The summed E-state index contributed by atoms with van der Waals surface area (Å²) < 4.78 is 0. The molecule has 0 saturated carbocycles. The van der Waals surface area contributed by atoms with Gasteiger partial charge in [0, 0.05) is 6.20 Å². The minimum atomic E-state index is 0. The lowest BCUT2D eigenvalue weighted by molar-refractivity contribution is 1.33. The van der Waals surface area contributed by atoms with E-state index in [0.717, 1.165) is 0 Å². The average molecular weight is 258 g/mol. The van der Waals surface area contributed by atoms with E-state index in [1.54, 1.807) is 12.3 Å². The van der Waals surface area contributed by atoms with Crippen molar-refractivity contribution in [3.8, 4) is 0 Å². The third-order valence-corrected chi connectivity index (χ3v) is 0.852. The van der Waals surface area contributed by atoms with Crippen LogP contribution in [0.4, 0.5) is 0 Å². The fraction of sp³-hybridized carbons (Fsp3) is 0.167. The largest absolute Gasteiger partial charge is 0.245 e. The molecule has 0 bridgehead atoms. The summed E-state index contributed by atoms with van der Waals surface area (Å²) in [7, 11) is 0. The fourth-order valence-corrected chi connectivity index (χ4v) is 0.471. The van der Waals surface area contributed by atoms with Gasteiger partial charge >= 0.3 is 0 Å². The van der Waals surface area contributed by atoms with E-state index in [2.05, 4.69) is 4.98 Å². The van der Waals surface area contributed by atoms with E-state index in [1.807, 2.05) is 12.1 Å². The Morgan fingerprint density at radius 3 is 2.22 bits per heavy atom. The quantitative estimate of drug-likeness (QED) is 0.514. The van der Waals surface area contributed by atoms with Gasteiger partial charge in [-0.1, -0.05) is 25.1 Å². The first-order chi connectivity index (χ1) is 3.39. The van der Waals surface area contributed by atoms with Crippen molar-refractivity contribution in [1.82, 2.24) is 4.98 Å². The van der Waals surface area contributed by atoms with Crippen molar-refractivity contribution in [1.29, 1.82) is 0 Å². The summed E-state index contributed by atoms with van der Waals surface area (Å²) in [5, 5.41) is 0.544. The maximum absolute atomic E-state index is 5.43. The lowest BCUT2D eigenvalue weighted by Crippen LogP contribution is -1.65. The van der Waals surface area contributed by atoms with Gasteiger partial charge in [0.2, 0.25) is 0 Å². The summed E-state index contributed by atoms with van der Waals surface area (Å²) in [6.45, 7) is 0. The molecule has 0 aliphatic heterocycles. The molecule has 0 atom stereocenters. The molecule has 52 valence electrons. The Balaban J connectivity index is 0. The number of aromatic nitrogens is 1. The highest BCUT2D eigenvalue weighted by Gasteiger charge is 1.76. The van der Waals surface area contributed by atoms with Gasteiger partial charge in [0.15, 0.2) is 0 Å². The van der Waals surface area contributed by atoms with Crippen LogP contribution in [0.3, 0.4) is 0 Å². The second-order valence-corrected chi connectivity index (χ2v) is 1.54. The standard InChI is InChI=1S/C5H4ClN.CH4.HI/c6-5-3-1-2-4-7-5;;/h1-4H;1H4;1H. The maximum atomic E-state index is 5.43. The van der Waals surface area contributed by atoms with Gasteiger partial charge < -0.3 is 0 Å². The first kappa shape index (κ1) is 11.9. The zero-order valence-electron chi connectivity index (χ0n) is 4.04. The molecule has 3 heteroatoms. The number of halogens is 2. The van der Waals surface area contributed by atoms with Crippen molar-refractivity contribution in [3.63, 3.8) is 0 Å². The van der Waals surface area contributed by atoms with Crippen LogP contribution >= 0.6 is 35.6 Å². The van der Waals surface area contributed by atoms with E-state index >= 15 is 0 Å². The molecule has 9 heavy (non-hydrogen) atoms. The second-order valence-electron chi connectivity index (χ2n) is 1.15. The maximum Gasteiger partial charge on any atom is 0.129 e. The molecular weight excluding hydrogens is 248 g/mol. The second kappa shape index (κ2) is 6.29. The van der Waals surface area contributed by atoms with Gasteiger partial charge in [-0.2, -0.15) is 0 Å². The predicted molar refractivity (Wildman–Crippen MR) is 51.4 cm³/mol. The average Bonchev–Trinajstić information content (AvgIpc) is 1.69. The molecule has 0 fully saturated rings. The first-order valence-electron chi connectivity index (χ1n) is 1.96. The summed E-state index contributed by atoms with van der Waals surface area (Å²) in [5.74, 6) is 0. The Hall–Kier alpha value is 0.170. The highest BCUT2D eigenvalue weighted by atomic mass is 127. The number of nitrogens with zero attached hydrogens (tertiary/aromatic N) is 1. The van der Waals surface area contributed by atoms with Crippen LogP contribution in [0.1, 0.15) is 7.43 Å². The van der Waals surface area contributed by atoms with Crippen LogP contribution in [0.2, 0.25) is 5.15 Å². The molecule has 0 radical (unpaired) electrons. The monoisotopic (exact) mass is 257 g/mol. The van der Waals surface area contributed by atoms with Gasteiger partial charge in [0.1, 0.15) is 5.15 Å². The fourth-order valence-electron chi connectivity index (χ4n) is 0.342. The SMILES string of the molecule is C.Clc1ccccn1.I. The van der Waals surface area contributed by atoms with Gasteiger partial charge in [0.25, 0.3) is 0 Å². The Kier molecular flexibility index (Phi) is 8.32. The van der Waals surface area contributed by atoms with Crippen molar-refractivity contribution in [2.24, 2.45) is 0 Å². The number of hydrogen-bond acceptors (Lipinski definition) is 1. The third kappa shape index (κ3) is 4.66. The summed E-state index contributed by atoms with van der Waals surface area (Å²) >= 11 is 5.43. The molecule has 0 amide bonds. The van der Waals surface area contributed by atoms with Crippen LogP contribution in [0, 0.1) is 0 Å². The predicted octanol–water partition coefficient (Wildman–Crippen LogP) is 2.99. The lowest BCUT2D eigenvalue weighted by Gasteiger charge is -1.79. The summed E-state index contributed by atoms with van der Waals surface area (Å²) in [4.78, 5) is 3.74. The van der Waals surface area contributed by atoms with Crippen molar-refractivity contribution in [2.45, 2.75) is 7.43 Å². The highest BCUT2D eigenvalue weighted by molar-refractivity contribution is 14.0. The number of pyridine rings is 1. The van der Waals surface area contributed by atoms with Crippen molar-refractivity contribution in [3.05, 3.63) is 29.5 Å². The van der Waals surface area contributed by atoms with Crippen LogP contribution in [-0.4, -0.2) is 4.98 Å². The van der Waals surface area contributed by atoms with Gasteiger partial charge in [-0.15, -0.1) is 24.0 Å². The van der Waals surface area contributed by atoms with E-state index in [1.165, 1.54) is 0 Å². The van der Waals surface area contributed by atoms with Crippen molar-refractivity contribution >= 4 is 35.6 Å². The van der Waals surface area contributed by atoms with Gasteiger partial charge in [-0.05, 0) is 12.1 Å². The molecule has 0 aliphatic carbocycles. The lowest BCUT2D eigenvalue weighted by atomic mass is 10.5. The molecule has 0 aromatic carbocycles. The van der Waals surface area contributed by atoms with Crippen molar-refractivity contribution in [2.75, 3.05) is 0 Å². The summed E-state index contributed by atoms with van der Waals surface area (Å²) in [6.07, 6.45) is 1.66. The molecule has 1 nitrogen and oxygen atoms in total. The van der Waals surface area contributed by atoms with Crippen molar-refractivity contribution < 1.29 is 0 Å². The van der Waals surface area contributed by atoms with Crippen LogP contribution in [-0.2, 0) is 0 Å². The number of rotatable bonds is 0. The first-order valence-corrected chi connectivity index (χ1v) is 2.34. The minimum absolute atomic E-state index is 0. The van der Waals surface area contributed by atoms with Crippen LogP contribution in [0.15, 0.2) is 24.4 Å². The Bertz CT molecular complexity index is 143. The smallest absolute Gasteiger partial charge is 0.129 e. The Labute approximate surface area is 77.5 Å². The molecule has 1 rings (SSSR count). The van der Waals surface area contributed by atoms with Crippen LogP contribution in [0.25, 0.3) is 0 Å². The molecule has 0 unspecified atom stereocenters. The van der Waals surface area contributed by atoms with E-state index in [4.69, 9.17) is 11.6 Å². The molecule has 0 aliphatic rings. The van der Waals surface area contributed by atoms with E-state index in [0.29, 0.717) is 5.15 Å². The van der Waals surface area contributed by atoms with E-state index in [9.17, 15) is 0 Å². The molecule has 0 saturated heterocycles. The zero-order valence-corrected chi connectivity index (χ0v) is 7.13. The number of hydrogen-bond donors (Lipinski definition) is 0. The molecule has 1 aromatic heterocycles. The molecule has 1 aromatic rings. The molecule has 0 spiro atoms. The Morgan fingerprint density at radius 1 is 1.33 bits per heavy atom. The van der Waals surface area contributed by atoms with Gasteiger partial charge in [0.05, 0.1) is 0 Å². The van der Waals surface area contributed by atoms with Gasteiger partial charge in [-0.25, -0.2) is 4.98 Å². The molecule has 1 heterocycles. The molecule has 0 N–H and O–H groups in total. The van der Waals surface area contributed by atoms with E-state index in [-0.39, 0.29) is 31.4 Å². The van der Waals surface area contributed by atoms with Crippen LogP contribution in [0.5, 0.6) is 0 Å². The summed E-state index contributed by atoms with van der Waals surface area (Å²) in [6, 6.07) is 5.41. The normalized spacial score (nSPS) is 6.78. The molecular formula is C6H9ClIN. The topological polar surface area (TPSA) is 12.9 Å². The third-order valence-electron chi connectivity index (χ3n) is 0.629. The van der Waals surface area contributed by atoms with Crippen LogP contribution < -0.4 is 0 Å². The Morgan fingerprint density at radius 2 is 2.00 bits per heavy atom. The highest BCUT2D eigenvalue weighted by Crippen LogP contribution is 1.98. The zero-order chi connectivity index (χ0) is 5.11.